The topological polar surface area (TPSA) is 15.7 Å². The quantitative estimate of drug-likeness (QED) is 0.732. The Bertz CT molecular complexity index is 387. The molecule has 3 saturated heterocycles. The second-order valence-electron chi connectivity index (χ2n) is 9.98. The van der Waals surface area contributed by atoms with Crippen molar-refractivity contribution < 1.29 is 4.74 Å². The summed E-state index contributed by atoms with van der Waals surface area (Å²) in [6.45, 7) is 19.4. The highest BCUT2D eigenvalue weighted by Crippen LogP contribution is 2.36. The molecule has 140 valence electrons. The van der Waals surface area contributed by atoms with Crippen molar-refractivity contribution in [2.75, 3.05) is 39.4 Å². The molecule has 3 heteroatoms. The molecular formula is C21H40N2O. The van der Waals surface area contributed by atoms with E-state index in [2.05, 4.69) is 44.4 Å². The van der Waals surface area contributed by atoms with Crippen molar-refractivity contribution in [2.45, 2.75) is 72.4 Å². The van der Waals surface area contributed by atoms with Crippen LogP contribution in [0, 0.1) is 23.2 Å². The number of rotatable bonds is 6. The summed E-state index contributed by atoms with van der Waals surface area (Å²) in [5.41, 5.74) is 0.489. The largest absolute Gasteiger partial charge is 0.381 e. The zero-order valence-corrected chi connectivity index (χ0v) is 16.8. The highest BCUT2D eigenvalue weighted by atomic mass is 16.5. The van der Waals surface area contributed by atoms with Crippen molar-refractivity contribution in [2.24, 2.45) is 23.2 Å². The molecule has 2 atom stereocenters. The van der Waals surface area contributed by atoms with Crippen LogP contribution in [0.25, 0.3) is 0 Å². The molecule has 0 bridgehead atoms. The predicted octanol–water partition coefficient (Wildman–Crippen LogP) is 3.88. The maximum atomic E-state index is 5.49. The average molecular weight is 337 g/mol. The Morgan fingerprint density at radius 1 is 0.958 bits per heavy atom. The molecule has 0 aliphatic carbocycles. The van der Waals surface area contributed by atoms with Crippen molar-refractivity contribution in [3.63, 3.8) is 0 Å². The molecule has 3 heterocycles. The van der Waals surface area contributed by atoms with Gasteiger partial charge in [0.2, 0.25) is 0 Å². The van der Waals surface area contributed by atoms with Crippen LogP contribution in [0.15, 0.2) is 0 Å². The maximum Gasteiger partial charge on any atom is 0.0480 e. The number of hydrogen-bond donors (Lipinski definition) is 0. The van der Waals surface area contributed by atoms with Crippen molar-refractivity contribution in [3.05, 3.63) is 0 Å². The van der Waals surface area contributed by atoms with Gasteiger partial charge in [0.15, 0.2) is 0 Å². The lowest BCUT2D eigenvalue weighted by Gasteiger charge is -2.50. The van der Waals surface area contributed by atoms with Crippen LogP contribution in [-0.4, -0.2) is 61.3 Å². The zero-order chi connectivity index (χ0) is 17.3. The van der Waals surface area contributed by atoms with Crippen LogP contribution in [0.1, 0.15) is 60.3 Å². The molecule has 3 fully saturated rings. The SMILES string of the molecule is CC(CCC(C)N1CC(C(C)(C)C)C1)C1CN(C2CCOCC2)C1. The maximum absolute atomic E-state index is 5.49. The smallest absolute Gasteiger partial charge is 0.0480 e. The fourth-order valence-corrected chi connectivity index (χ4v) is 4.60. The molecular weight excluding hydrogens is 296 g/mol. The van der Waals surface area contributed by atoms with E-state index in [1.807, 2.05) is 0 Å². The number of nitrogens with zero attached hydrogens (tertiary/aromatic N) is 2. The molecule has 0 radical (unpaired) electrons. The number of likely N-dealkylation sites (tertiary alicyclic amines) is 2. The molecule has 0 amide bonds. The Morgan fingerprint density at radius 2 is 1.58 bits per heavy atom. The van der Waals surface area contributed by atoms with Crippen molar-refractivity contribution in [1.29, 1.82) is 0 Å². The third-order valence-corrected chi connectivity index (χ3v) is 7.25. The third-order valence-electron chi connectivity index (χ3n) is 7.25. The minimum absolute atomic E-state index is 0.489. The highest BCUT2D eigenvalue weighted by Gasteiger charge is 2.39. The molecule has 24 heavy (non-hydrogen) atoms. The van der Waals surface area contributed by atoms with E-state index in [4.69, 9.17) is 4.74 Å². The van der Waals surface area contributed by atoms with Crippen LogP contribution >= 0.6 is 0 Å². The molecule has 0 saturated carbocycles. The number of ether oxygens (including phenoxy) is 1. The van der Waals surface area contributed by atoms with E-state index in [1.54, 1.807) is 0 Å². The summed E-state index contributed by atoms with van der Waals surface area (Å²) in [5.74, 6) is 2.74. The Morgan fingerprint density at radius 3 is 2.17 bits per heavy atom. The van der Waals surface area contributed by atoms with Crippen LogP contribution in [0.5, 0.6) is 0 Å². The Hall–Kier alpha value is -0.120. The van der Waals surface area contributed by atoms with Gasteiger partial charge in [-0.2, -0.15) is 0 Å². The van der Waals surface area contributed by atoms with Crippen molar-refractivity contribution in [1.82, 2.24) is 9.80 Å². The summed E-state index contributed by atoms with van der Waals surface area (Å²) in [7, 11) is 0. The molecule has 2 unspecified atom stereocenters. The van der Waals surface area contributed by atoms with Crippen molar-refractivity contribution >= 4 is 0 Å². The van der Waals surface area contributed by atoms with Gasteiger partial charge in [-0.25, -0.2) is 0 Å². The lowest BCUT2D eigenvalue weighted by atomic mass is 9.75. The minimum Gasteiger partial charge on any atom is -0.381 e. The van der Waals surface area contributed by atoms with Gasteiger partial charge in [-0.3, -0.25) is 9.80 Å². The summed E-state index contributed by atoms with van der Waals surface area (Å²) in [6.07, 6.45) is 5.29. The van der Waals surface area contributed by atoms with Gasteiger partial charge in [0.25, 0.3) is 0 Å². The van der Waals surface area contributed by atoms with Gasteiger partial charge in [-0.15, -0.1) is 0 Å². The molecule has 0 aromatic heterocycles. The molecule has 0 N–H and O–H groups in total. The van der Waals surface area contributed by atoms with E-state index >= 15 is 0 Å². The van der Waals surface area contributed by atoms with Crippen LogP contribution in [0.4, 0.5) is 0 Å². The van der Waals surface area contributed by atoms with Gasteiger partial charge >= 0.3 is 0 Å². The van der Waals surface area contributed by atoms with Gasteiger partial charge in [0.05, 0.1) is 0 Å². The van der Waals surface area contributed by atoms with Crippen LogP contribution in [-0.2, 0) is 4.74 Å². The van der Waals surface area contributed by atoms with E-state index in [0.29, 0.717) is 5.41 Å². The van der Waals surface area contributed by atoms with Gasteiger partial charge in [0, 0.05) is 51.5 Å². The second kappa shape index (κ2) is 7.63. The van der Waals surface area contributed by atoms with Crippen molar-refractivity contribution in [3.8, 4) is 0 Å². The zero-order valence-electron chi connectivity index (χ0n) is 16.8. The van der Waals surface area contributed by atoms with Gasteiger partial charge in [-0.05, 0) is 55.8 Å². The summed E-state index contributed by atoms with van der Waals surface area (Å²) in [4.78, 5) is 5.42. The molecule has 0 spiro atoms. The number of hydrogen-bond acceptors (Lipinski definition) is 3. The minimum atomic E-state index is 0.489. The van der Waals surface area contributed by atoms with E-state index in [1.165, 1.54) is 51.9 Å². The standard InChI is InChI=1S/C21H40N2O/c1-16(18-12-23(13-18)20-8-10-24-11-9-20)6-7-17(2)22-14-19(15-22)21(3,4)5/h16-20H,6-15H2,1-5H3. The normalized spacial score (nSPS) is 28.4. The van der Waals surface area contributed by atoms with E-state index < -0.39 is 0 Å². The lowest BCUT2D eigenvalue weighted by Crippen LogP contribution is -2.56. The summed E-state index contributed by atoms with van der Waals surface area (Å²) in [5, 5.41) is 0. The van der Waals surface area contributed by atoms with E-state index in [0.717, 1.165) is 43.1 Å². The van der Waals surface area contributed by atoms with Gasteiger partial charge in [0.1, 0.15) is 0 Å². The third kappa shape index (κ3) is 4.34. The Labute approximate surface area is 150 Å². The first-order valence-electron chi connectivity index (χ1n) is 10.4. The first-order valence-corrected chi connectivity index (χ1v) is 10.4. The van der Waals surface area contributed by atoms with Gasteiger partial charge in [-0.1, -0.05) is 27.7 Å². The summed E-state index contributed by atoms with van der Waals surface area (Å²) in [6, 6.07) is 1.59. The predicted molar refractivity (Wildman–Crippen MR) is 101 cm³/mol. The van der Waals surface area contributed by atoms with E-state index in [9.17, 15) is 0 Å². The molecule has 3 aliphatic heterocycles. The van der Waals surface area contributed by atoms with E-state index in [-0.39, 0.29) is 0 Å². The summed E-state index contributed by atoms with van der Waals surface area (Å²) < 4.78 is 5.49. The van der Waals surface area contributed by atoms with Crippen LogP contribution in [0.3, 0.4) is 0 Å². The Balaban J connectivity index is 1.30. The average Bonchev–Trinajstić information content (AvgIpc) is 2.41. The highest BCUT2D eigenvalue weighted by molar-refractivity contribution is 4.92. The second-order valence-corrected chi connectivity index (χ2v) is 9.98. The molecule has 0 aromatic rings. The molecule has 3 rings (SSSR count). The molecule has 0 aromatic carbocycles. The molecule has 3 nitrogen and oxygen atoms in total. The lowest BCUT2D eigenvalue weighted by molar-refractivity contribution is -0.0336. The Kier molecular flexibility index (Phi) is 5.94. The first kappa shape index (κ1) is 18.7. The summed E-state index contributed by atoms with van der Waals surface area (Å²) >= 11 is 0. The first-order chi connectivity index (χ1) is 11.3. The van der Waals surface area contributed by atoms with Gasteiger partial charge < -0.3 is 4.74 Å². The molecule has 3 aliphatic rings. The monoisotopic (exact) mass is 336 g/mol. The van der Waals surface area contributed by atoms with Crippen LogP contribution < -0.4 is 0 Å². The fraction of sp³-hybridized carbons (Fsp3) is 1.00. The fourth-order valence-electron chi connectivity index (χ4n) is 4.60. The van der Waals surface area contributed by atoms with Crippen LogP contribution in [0.2, 0.25) is 0 Å².